The monoisotopic (exact) mass is 349 g/mol. The smallest absolute Gasteiger partial charge is 0.255 e. The van der Waals surface area contributed by atoms with Gasteiger partial charge in [-0.05, 0) is 50.0 Å². The first-order valence-electron chi connectivity index (χ1n) is 8.40. The van der Waals surface area contributed by atoms with Gasteiger partial charge in [-0.15, -0.1) is 0 Å². The van der Waals surface area contributed by atoms with E-state index in [1.807, 2.05) is 75.9 Å². The molecule has 0 saturated carbocycles. The Bertz CT molecular complexity index is 883. The summed E-state index contributed by atoms with van der Waals surface area (Å²) >= 11 is 0. The largest absolute Gasteiger partial charge is 0.353 e. The Kier molecular flexibility index (Phi) is 5.34. The van der Waals surface area contributed by atoms with Crippen LogP contribution in [0.25, 0.3) is 0 Å². The fraction of sp³-hybridized carbons (Fsp3) is 0.200. The van der Waals surface area contributed by atoms with Crippen LogP contribution >= 0.6 is 0 Å². The number of aromatic nitrogens is 2. The SMILES string of the molecule is CN(C)Cc1ccc(C(=O)Nc2cccc(Nc3cnn(C)c3)c2)cc1. The third-order valence-corrected chi connectivity index (χ3v) is 3.83. The molecular weight excluding hydrogens is 326 g/mol. The van der Waals surface area contributed by atoms with E-state index in [9.17, 15) is 4.79 Å². The normalized spacial score (nSPS) is 10.8. The van der Waals surface area contributed by atoms with Crippen molar-refractivity contribution in [3.63, 3.8) is 0 Å². The first-order chi connectivity index (χ1) is 12.5. The van der Waals surface area contributed by atoms with E-state index >= 15 is 0 Å². The summed E-state index contributed by atoms with van der Waals surface area (Å²) in [6.45, 7) is 0.851. The lowest BCUT2D eigenvalue weighted by Gasteiger charge is -2.11. The number of amides is 1. The van der Waals surface area contributed by atoms with Crippen LogP contribution in [0.15, 0.2) is 60.9 Å². The van der Waals surface area contributed by atoms with Gasteiger partial charge in [-0.3, -0.25) is 9.48 Å². The van der Waals surface area contributed by atoms with Crippen molar-refractivity contribution < 1.29 is 4.79 Å². The standard InChI is InChI=1S/C20H23N5O/c1-24(2)13-15-7-9-16(10-8-15)20(26)23-18-6-4-5-17(11-18)22-19-12-21-25(3)14-19/h4-12,14,22H,13H2,1-3H3,(H,23,26). The lowest BCUT2D eigenvalue weighted by Crippen LogP contribution is -2.13. The molecule has 6 nitrogen and oxygen atoms in total. The van der Waals surface area contributed by atoms with Gasteiger partial charge in [0.2, 0.25) is 0 Å². The van der Waals surface area contributed by atoms with E-state index < -0.39 is 0 Å². The van der Waals surface area contributed by atoms with Crippen molar-refractivity contribution in [3.8, 4) is 0 Å². The second-order valence-corrected chi connectivity index (χ2v) is 6.50. The summed E-state index contributed by atoms with van der Waals surface area (Å²) in [7, 11) is 5.91. The number of nitrogens with one attached hydrogen (secondary N) is 2. The first kappa shape index (κ1) is 17.7. The van der Waals surface area contributed by atoms with Crippen LogP contribution in [-0.4, -0.2) is 34.7 Å². The summed E-state index contributed by atoms with van der Waals surface area (Å²) in [6, 6.07) is 15.3. The van der Waals surface area contributed by atoms with E-state index in [0.29, 0.717) is 5.56 Å². The molecule has 0 saturated heterocycles. The van der Waals surface area contributed by atoms with Gasteiger partial charge in [-0.2, -0.15) is 5.10 Å². The lowest BCUT2D eigenvalue weighted by molar-refractivity contribution is 0.102. The number of rotatable bonds is 6. The van der Waals surface area contributed by atoms with E-state index in [2.05, 4.69) is 20.6 Å². The molecule has 0 spiro atoms. The second-order valence-electron chi connectivity index (χ2n) is 6.50. The quantitative estimate of drug-likeness (QED) is 0.715. The van der Waals surface area contributed by atoms with Crippen LogP contribution in [0, 0.1) is 0 Å². The molecule has 0 atom stereocenters. The molecule has 2 aromatic carbocycles. The lowest BCUT2D eigenvalue weighted by atomic mass is 10.1. The maximum absolute atomic E-state index is 12.5. The Balaban J connectivity index is 1.66. The van der Waals surface area contributed by atoms with Gasteiger partial charge in [0.25, 0.3) is 5.91 Å². The molecule has 0 radical (unpaired) electrons. The molecular formula is C20H23N5O. The molecule has 0 aliphatic heterocycles. The van der Waals surface area contributed by atoms with Gasteiger partial charge in [0.05, 0.1) is 11.9 Å². The molecule has 1 aromatic heterocycles. The molecule has 3 aromatic rings. The molecule has 0 bridgehead atoms. The van der Waals surface area contributed by atoms with Crippen molar-refractivity contribution in [2.75, 3.05) is 24.7 Å². The van der Waals surface area contributed by atoms with Gasteiger partial charge in [-0.1, -0.05) is 18.2 Å². The third kappa shape index (κ3) is 4.70. The molecule has 3 rings (SSSR count). The number of hydrogen-bond donors (Lipinski definition) is 2. The Morgan fingerprint density at radius 1 is 1.08 bits per heavy atom. The van der Waals surface area contributed by atoms with Crippen molar-refractivity contribution in [3.05, 3.63) is 72.1 Å². The van der Waals surface area contributed by atoms with Crippen LogP contribution in [0.5, 0.6) is 0 Å². The fourth-order valence-corrected chi connectivity index (χ4v) is 2.66. The summed E-state index contributed by atoms with van der Waals surface area (Å²) in [5.41, 5.74) is 4.33. The zero-order valence-electron chi connectivity index (χ0n) is 15.2. The van der Waals surface area contributed by atoms with Crippen LogP contribution in [-0.2, 0) is 13.6 Å². The molecule has 0 unspecified atom stereocenters. The zero-order chi connectivity index (χ0) is 18.5. The Morgan fingerprint density at radius 2 is 1.81 bits per heavy atom. The van der Waals surface area contributed by atoms with Gasteiger partial charge in [0.15, 0.2) is 0 Å². The molecule has 1 heterocycles. The number of carbonyl (C=O) groups is 1. The number of benzene rings is 2. The Labute approximate surface area is 153 Å². The Hall–Kier alpha value is -3.12. The molecule has 6 heteroatoms. The van der Waals surface area contributed by atoms with E-state index in [4.69, 9.17) is 0 Å². The van der Waals surface area contributed by atoms with Crippen molar-refractivity contribution in [2.24, 2.45) is 7.05 Å². The summed E-state index contributed by atoms with van der Waals surface area (Å²) in [5.74, 6) is -0.125. The first-order valence-corrected chi connectivity index (χ1v) is 8.40. The Morgan fingerprint density at radius 3 is 2.46 bits per heavy atom. The number of aryl methyl sites for hydroxylation is 1. The summed E-state index contributed by atoms with van der Waals surface area (Å²) in [4.78, 5) is 14.6. The highest BCUT2D eigenvalue weighted by atomic mass is 16.1. The predicted molar refractivity (Wildman–Crippen MR) is 105 cm³/mol. The predicted octanol–water partition coefficient (Wildman–Crippen LogP) is 3.48. The minimum absolute atomic E-state index is 0.125. The van der Waals surface area contributed by atoms with Crippen molar-refractivity contribution in [1.82, 2.24) is 14.7 Å². The van der Waals surface area contributed by atoms with Crippen LogP contribution in [0.2, 0.25) is 0 Å². The van der Waals surface area contributed by atoms with Crippen LogP contribution in [0.1, 0.15) is 15.9 Å². The van der Waals surface area contributed by atoms with E-state index in [0.717, 1.165) is 23.6 Å². The topological polar surface area (TPSA) is 62.2 Å². The molecule has 0 aliphatic rings. The van der Waals surface area contributed by atoms with Gasteiger partial charge < -0.3 is 15.5 Å². The third-order valence-electron chi connectivity index (χ3n) is 3.83. The molecule has 134 valence electrons. The highest BCUT2D eigenvalue weighted by Gasteiger charge is 2.07. The highest BCUT2D eigenvalue weighted by molar-refractivity contribution is 6.04. The summed E-state index contributed by atoms with van der Waals surface area (Å²) < 4.78 is 1.73. The maximum atomic E-state index is 12.5. The zero-order valence-corrected chi connectivity index (χ0v) is 15.2. The highest BCUT2D eigenvalue weighted by Crippen LogP contribution is 2.20. The van der Waals surface area contributed by atoms with Gasteiger partial charge in [0, 0.05) is 36.7 Å². The van der Waals surface area contributed by atoms with E-state index in [1.165, 1.54) is 5.56 Å². The maximum Gasteiger partial charge on any atom is 0.255 e. The number of hydrogen-bond acceptors (Lipinski definition) is 4. The minimum atomic E-state index is -0.125. The average Bonchev–Trinajstić information content (AvgIpc) is 3.00. The van der Waals surface area contributed by atoms with Gasteiger partial charge in [-0.25, -0.2) is 0 Å². The van der Waals surface area contributed by atoms with E-state index in [1.54, 1.807) is 10.9 Å². The molecule has 26 heavy (non-hydrogen) atoms. The second kappa shape index (κ2) is 7.84. The summed E-state index contributed by atoms with van der Waals surface area (Å²) in [6.07, 6.45) is 3.64. The molecule has 0 fully saturated rings. The molecule has 2 N–H and O–H groups in total. The fourth-order valence-electron chi connectivity index (χ4n) is 2.66. The van der Waals surface area contributed by atoms with Crippen molar-refractivity contribution in [2.45, 2.75) is 6.54 Å². The molecule has 1 amide bonds. The average molecular weight is 349 g/mol. The van der Waals surface area contributed by atoms with Crippen molar-refractivity contribution in [1.29, 1.82) is 0 Å². The van der Waals surface area contributed by atoms with E-state index in [-0.39, 0.29) is 5.91 Å². The summed E-state index contributed by atoms with van der Waals surface area (Å²) in [5, 5.41) is 10.3. The number of nitrogens with zero attached hydrogens (tertiary/aromatic N) is 3. The molecule has 0 aliphatic carbocycles. The van der Waals surface area contributed by atoms with Crippen molar-refractivity contribution >= 4 is 23.0 Å². The number of carbonyl (C=O) groups excluding carboxylic acids is 1. The van der Waals surface area contributed by atoms with Crippen LogP contribution in [0.3, 0.4) is 0 Å². The van der Waals surface area contributed by atoms with Gasteiger partial charge >= 0.3 is 0 Å². The van der Waals surface area contributed by atoms with Crippen LogP contribution in [0.4, 0.5) is 17.1 Å². The van der Waals surface area contributed by atoms with Crippen LogP contribution < -0.4 is 10.6 Å². The van der Waals surface area contributed by atoms with Gasteiger partial charge in [0.1, 0.15) is 0 Å². The minimum Gasteiger partial charge on any atom is -0.353 e. The number of anilines is 3.